The summed E-state index contributed by atoms with van der Waals surface area (Å²) in [5.74, 6) is 1.63. The summed E-state index contributed by atoms with van der Waals surface area (Å²) in [5.41, 5.74) is 6.94. The van der Waals surface area contributed by atoms with Crippen LogP contribution in [0.3, 0.4) is 0 Å². The molecule has 2 rings (SSSR count). The third-order valence-electron chi connectivity index (χ3n) is 2.72. The first-order valence-electron chi connectivity index (χ1n) is 5.69. The van der Waals surface area contributed by atoms with Crippen LogP contribution < -0.4 is 5.73 Å². The fourth-order valence-corrected chi connectivity index (χ4v) is 2.29. The van der Waals surface area contributed by atoms with Gasteiger partial charge in [-0.3, -0.25) is 0 Å². The second-order valence-electron chi connectivity index (χ2n) is 4.08. The minimum atomic E-state index is 0.389. The van der Waals surface area contributed by atoms with E-state index in [1.54, 1.807) is 12.1 Å². The van der Waals surface area contributed by atoms with Crippen LogP contribution in [0.4, 0.5) is 5.69 Å². The number of anilines is 1. The summed E-state index contributed by atoms with van der Waals surface area (Å²) in [4.78, 5) is 0. The van der Waals surface area contributed by atoms with Crippen LogP contribution in [0.2, 0.25) is 10.0 Å². The molecular weight excluding hydrogens is 271 g/mol. The van der Waals surface area contributed by atoms with E-state index in [0.717, 1.165) is 30.2 Å². The van der Waals surface area contributed by atoms with Crippen LogP contribution in [0, 0.1) is 6.92 Å². The summed E-state index contributed by atoms with van der Waals surface area (Å²) >= 11 is 12.1. The molecule has 18 heavy (non-hydrogen) atoms. The Morgan fingerprint density at radius 1 is 1.22 bits per heavy atom. The van der Waals surface area contributed by atoms with E-state index in [-0.39, 0.29) is 0 Å². The molecule has 0 bridgehead atoms. The molecule has 0 amide bonds. The second kappa shape index (κ2) is 5.16. The summed E-state index contributed by atoms with van der Waals surface area (Å²) in [6, 6.07) is 3.52. The Labute approximate surface area is 116 Å². The molecule has 0 atom stereocenters. The van der Waals surface area contributed by atoms with Gasteiger partial charge in [0.15, 0.2) is 5.82 Å². The van der Waals surface area contributed by atoms with E-state index < -0.39 is 0 Å². The SMILES string of the molecule is CCCn1c(C)nnc1-c1cc(Cl)c(N)c(Cl)c1. The molecule has 1 aromatic carbocycles. The number of hydrogen-bond donors (Lipinski definition) is 1. The van der Waals surface area contributed by atoms with Crippen LogP contribution in [0.25, 0.3) is 11.4 Å². The molecule has 0 aliphatic heterocycles. The van der Waals surface area contributed by atoms with Crippen molar-refractivity contribution in [3.05, 3.63) is 28.0 Å². The van der Waals surface area contributed by atoms with Crippen molar-refractivity contribution < 1.29 is 0 Å². The molecule has 0 radical (unpaired) electrons. The van der Waals surface area contributed by atoms with E-state index in [2.05, 4.69) is 17.1 Å². The number of halogens is 2. The maximum absolute atomic E-state index is 6.04. The van der Waals surface area contributed by atoms with Gasteiger partial charge in [-0.15, -0.1) is 10.2 Å². The fraction of sp³-hybridized carbons (Fsp3) is 0.333. The zero-order valence-electron chi connectivity index (χ0n) is 10.2. The first-order valence-corrected chi connectivity index (χ1v) is 6.45. The molecule has 0 spiro atoms. The molecular formula is C12H14Cl2N4. The quantitative estimate of drug-likeness (QED) is 0.877. The number of rotatable bonds is 3. The molecule has 0 aliphatic rings. The first-order chi connectivity index (χ1) is 8.54. The van der Waals surface area contributed by atoms with Crippen molar-refractivity contribution in [2.75, 3.05) is 5.73 Å². The second-order valence-corrected chi connectivity index (χ2v) is 4.89. The number of benzene rings is 1. The minimum Gasteiger partial charge on any atom is -0.396 e. The summed E-state index contributed by atoms with van der Waals surface area (Å²) in [6.45, 7) is 4.88. The van der Waals surface area contributed by atoms with Crippen molar-refractivity contribution in [2.45, 2.75) is 26.8 Å². The monoisotopic (exact) mass is 284 g/mol. The first kappa shape index (κ1) is 13.2. The Morgan fingerprint density at radius 2 is 1.83 bits per heavy atom. The Hall–Kier alpha value is -1.26. The van der Waals surface area contributed by atoms with Crippen molar-refractivity contribution >= 4 is 28.9 Å². The highest BCUT2D eigenvalue weighted by atomic mass is 35.5. The van der Waals surface area contributed by atoms with Crippen LogP contribution in [0.5, 0.6) is 0 Å². The van der Waals surface area contributed by atoms with Crippen LogP contribution in [0.15, 0.2) is 12.1 Å². The number of nitrogen functional groups attached to an aromatic ring is 1. The third-order valence-corrected chi connectivity index (χ3v) is 3.35. The lowest BCUT2D eigenvalue weighted by Crippen LogP contribution is -2.02. The van der Waals surface area contributed by atoms with Gasteiger partial charge in [0.05, 0.1) is 15.7 Å². The lowest BCUT2D eigenvalue weighted by molar-refractivity contribution is 0.663. The third kappa shape index (κ3) is 2.31. The van der Waals surface area contributed by atoms with Gasteiger partial charge in [0.1, 0.15) is 5.82 Å². The molecule has 4 nitrogen and oxygen atoms in total. The molecule has 6 heteroatoms. The molecule has 2 N–H and O–H groups in total. The lowest BCUT2D eigenvalue weighted by atomic mass is 10.2. The van der Waals surface area contributed by atoms with E-state index in [1.807, 2.05) is 11.5 Å². The Morgan fingerprint density at radius 3 is 2.39 bits per heavy atom. The van der Waals surface area contributed by atoms with Gasteiger partial charge in [-0.05, 0) is 25.5 Å². The number of aryl methyl sites for hydroxylation is 1. The average Bonchev–Trinajstić information content (AvgIpc) is 2.68. The standard InChI is InChI=1S/C12H14Cl2N4/c1-3-4-18-7(2)16-17-12(18)8-5-9(13)11(15)10(14)6-8/h5-6H,3-4,15H2,1-2H3. The summed E-state index contributed by atoms with van der Waals surface area (Å²) < 4.78 is 2.04. The topological polar surface area (TPSA) is 56.7 Å². The molecule has 0 fully saturated rings. The molecule has 0 saturated carbocycles. The Balaban J connectivity index is 2.55. The van der Waals surface area contributed by atoms with Crippen molar-refractivity contribution in [2.24, 2.45) is 0 Å². The molecule has 0 unspecified atom stereocenters. The highest BCUT2D eigenvalue weighted by Crippen LogP contribution is 2.33. The molecule has 1 aromatic heterocycles. The number of nitrogens with two attached hydrogens (primary N) is 1. The van der Waals surface area contributed by atoms with Gasteiger partial charge in [0, 0.05) is 12.1 Å². The van der Waals surface area contributed by atoms with Gasteiger partial charge < -0.3 is 10.3 Å². The smallest absolute Gasteiger partial charge is 0.164 e. The molecule has 96 valence electrons. The largest absolute Gasteiger partial charge is 0.396 e. The molecule has 0 aliphatic carbocycles. The molecule has 0 saturated heterocycles. The van der Waals surface area contributed by atoms with Crippen LogP contribution >= 0.6 is 23.2 Å². The highest BCUT2D eigenvalue weighted by molar-refractivity contribution is 6.39. The van der Waals surface area contributed by atoms with Gasteiger partial charge in [0.25, 0.3) is 0 Å². The number of nitrogens with zero attached hydrogens (tertiary/aromatic N) is 3. The zero-order chi connectivity index (χ0) is 13.3. The van der Waals surface area contributed by atoms with Crippen LogP contribution in [0.1, 0.15) is 19.2 Å². The zero-order valence-corrected chi connectivity index (χ0v) is 11.8. The predicted octanol–water partition coefficient (Wildman–Crippen LogP) is 3.55. The maximum Gasteiger partial charge on any atom is 0.164 e. The predicted molar refractivity (Wildman–Crippen MR) is 74.9 cm³/mol. The van der Waals surface area contributed by atoms with Crippen molar-refractivity contribution in [3.8, 4) is 11.4 Å². The van der Waals surface area contributed by atoms with Crippen LogP contribution in [-0.2, 0) is 6.54 Å². The maximum atomic E-state index is 6.04. The Kier molecular flexibility index (Phi) is 3.78. The fourth-order valence-electron chi connectivity index (χ4n) is 1.80. The van der Waals surface area contributed by atoms with Crippen LogP contribution in [-0.4, -0.2) is 14.8 Å². The average molecular weight is 285 g/mol. The van der Waals surface area contributed by atoms with E-state index in [1.165, 1.54) is 0 Å². The Bertz CT molecular complexity index is 554. The van der Waals surface area contributed by atoms with Crippen molar-refractivity contribution in [1.82, 2.24) is 14.8 Å². The van der Waals surface area contributed by atoms with E-state index in [9.17, 15) is 0 Å². The van der Waals surface area contributed by atoms with Gasteiger partial charge in [-0.25, -0.2) is 0 Å². The van der Waals surface area contributed by atoms with E-state index in [0.29, 0.717) is 15.7 Å². The minimum absolute atomic E-state index is 0.389. The van der Waals surface area contributed by atoms with E-state index >= 15 is 0 Å². The highest BCUT2D eigenvalue weighted by Gasteiger charge is 2.13. The van der Waals surface area contributed by atoms with Gasteiger partial charge >= 0.3 is 0 Å². The number of hydrogen-bond acceptors (Lipinski definition) is 3. The normalized spacial score (nSPS) is 10.9. The van der Waals surface area contributed by atoms with E-state index in [4.69, 9.17) is 28.9 Å². The summed E-state index contributed by atoms with van der Waals surface area (Å²) in [7, 11) is 0. The van der Waals surface area contributed by atoms with Crippen molar-refractivity contribution in [1.29, 1.82) is 0 Å². The summed E-state index contributed by atoms with van der Waals surface area (Å²) in [5, 5.41) is 9.12. The van der Waals surface area contributed by atoms with Crippen molar-refractivity contribution in [3.63, 3.8) is 0 Å². The molecule has 1 heterocycles. The summed E-state index contributed by atoms with van der Waals surface area (Å²) in [6.07, 6.45) is 1.00. The van der Waals surface area contributed by atoms with Gasteiger partial charge in [-0.2, -0.15) is 0 Å². The van der Waals surface area contributed by atoms with Gasteiger partial charge in [0.2, 0.25) is 0 Å². The lowest BCUT2D eigenvalue weighted by Gasteiger charge is -2.09. The number of aromatic nitrogens is 3. The van der Waals surface area contributed by atoms with Gasteiger partial charge in [-0.1, -0.05) is 30.1 Å². The molecule has 2 aromatic rings.